The van der Waals surface area contributed by atoms with Gasteiger partial charge in [0.05, 0.1) is 10.6 Å². The first-order valence-corrected chi connectivity index (χ1v) is 7.42. The van der Waals surface area contributed by atoms with Gasteiger partial charge in [0.15, 0.2) is 0 Å². The average molecular weight is 306 g/mol. The number of aryl methyl sites for hydroxylation is 1. The highest BCUT2D eigenvalue weighted by Crippen LogP contribution is 2.21. The van der Waals surface area contributed by atoms with Gasteiger partial charge in [-0.3, -0.25) is 4.79 Å². The highest BCUT2D eigenvalue weighted by Gasteiger charge is 2.09. The first-order valence-electron chi connectivity index (χ1n) is 7.04. The van der Waals surface area contributed by atoms with E-state index in [1.54, 1.807) is 19.2 Å². The number of hydrogen-bond donors (Lipinski definition) is 2. The fraction of sp³-hybridized carbons (Fsp3) is 0.312. The number of hydrogen-bond acceptors (Lipinski definition) is 2. The Kier molecular flexibility index (Phi) is 5.28. The first kappa shape index (κ1) is 15.4. The number of carbonyl (C=O) groups is 1. The molecule has 5 heteroatoms. The number of halogens is 1. The molecule has 2 rings (SSSR count). The van der Waals surface area contributed by atoms with Gasteiger partial charge in [-0.05, 0) is 36.2 Å². The fourth-order valence-electron chi connectivity index (χ4n) is 2.14. The fourth-order valence-corrected chi connectivity index (χ4v) is 2.34. The Bertz CT molecular complexity index is 622. The Morgan fingerprint density at radius 1 is 1.33 bits per heavy atom. The van der Waals surface area contributed by atoms with Crippen molar-refractivity contribution in [2.24, 2.45) is 0 Å². The van der Waals surface area contributed by atoms with Crippen molar-refractivity contribution >= 4 is 23.2 Å². The molecule has 1 aromatic heterocycles. The highest BCUT2D eigenvalue weighted by molar-refractivity contribution is 6.34. The van der Waals surface area contributed by atoms with Crippen LogP contribution in [0.25, 0.3) is 0 Å². The molecule has 2 N–H and O–H groups in total. The molecule has 0 fully saturated rings. The van der Waals surface area contributed by atoms with Crippen LogP contribution in [-0.4, -0.2) is 17.5 Å². The van der Waals surface area contributed by atoms with Crippen LogP contribution in [0.1, 0.15) is 29.3 Å². The van der Waals surface area contributed by atoms with Crippen molar-refractivity contribution in [2.45, 2.75) is 26.4 Å². The van der Waals surface area contributed by atoms with E-state index in [-0.39, 0.29) is 5.91 Å². The van der Waals surface area contributed by atoms with Gasteiger partial charge in [0.25, 0.3) is 5.91 Å². The van der Waals surface area contributed by atoms with Crippen molar-refractivity contribution in [1.82, 2.24) is 9.88 Å². The number of rotatable bonds is 6. The van der Waals surface area contributed by atoms with E-state index >= 15 is 0 Å². The van der Waals surface area contributed by atoms with Crippen molar-refractivity contribution in [3.63, 3.8) is 0 Å². The molecule has 0 bridgehead atoms. The Hall–Kier alpha value is -1.94. The second kappa shape index (κ2) is 7.18. The zero-order valence-corrected chi connectivity index (χ0v) is 13.1. The van der Waals surface area contributed by atoms with Crippen molar-refractivity contribution in [2.75, 3.05) is 12.4 Å². The Morgan fingerprint density at radius 2 is 2.14 bits per heavy atom. The molecule has 0 aliphatic rings. The van der Waals surface area contributed by atoms with E-state index in [1.165, 1.54) is 5.56 Å². The van der Waals surface area contributed by atoms with Crippen LogP contribution in [0.5, 0.6) is 0 Å². The van der Waals surface area contributed by atoms with Gasteiger partial charge in [0.1, 0.15) is 0 Å². The van der Waals surface area contributed by atoms with Crippen LogP contribution in [0.2, 0.25) is 5.02 Å². The predicted molar refractivity (Wildman–Crippen MR) is 86.9 cm³/mol. The molecule has 0 unspecified atom stereocenters. The molecule has 0 spiro atoms. The summed E-state index contributed by atoms with van der Waals surface area (Å²) >= 11 is 6.03. The van der Waals surface area contributed by atoms with Crippen LogP contribution < -0.4 is 10.6 Å². The standard InChI is InChI=1S/C16H20ClN3O/c1-3-7-20-8-6-12(11-20)10-19-13-4-5-15(17)14(9-13)16(21)18-2/h4-6,8-9,11,19H,3,7,10H2,1-2H3,(H,18,21). The summed E-state index contributed by atoms with van der Waals surface area (Å²) in [5.74, 6) is -0.183. The maximum Gasteiger partial charge on any atom is 0.252 e. The maximum atomic E-state index is 11.7. The van der Waals surface area contributed by atoms with E-state index in [2.05, 4.69) is 40.6 Å². The normalized spacial score (nSPS) is 10.4. The van der Waals surface area contributed by atoms with Gasteiger partial charge in [0.2, 0.25) is 0 Å². The van der Waals surface area contributed by atoms with E-state index < -0.39 is 0 Å². The number of aromatic nitrogens is 1. The second-order valence-electron chi connectivity index (χ2n) is 4.88. The smallest absolute Gasteiger partial charge is 0.252 e. The Labute approximate surface area is 130 Å². The van der Waals surface area contributed by atoms with Crippen molar-refractivity contribution < 1.29 is 4.79 Å². The summed E-state index contributed by atoms with van der Waals surface area (Å²) < 4.78 is 2.18. The number of benzene rings is 1. The van der Waals surface area contributed by atoms with Gasteiger partial charge in [-0.2, -0.15) is 0 Å². The monoisotopic (exact) mass is 305 g/mol. The predicted octanol–water partition coefficient (Wildman–Crippen LogP) is 3.52. The lowest BCUT2D eigenvalue weighted by Gasteiger charge is -2.09. The van der Waals surface area contributed by atoms with E-state index in [4.69, 9.17) is 11.6 Å². The van der Waals surface area contributed by atoms with Crippen molar-refractivity contribution in [1.29, 1.82) is 0 Å². The van der Waals surface area contributed by atoms with E-state index in [0.717, 1.165) is 18.7 Å². The first-order chi connectivity index (χ1) is 10.1. The van der Waals surface area contributed by atoms with Crippen LogP contribution in [-0.2, 0) is 13.1 Å². The molecule has 21 heavy (non-hydrogen) atoms. The summed E-state index contributed by atoms with van der Waals surface area (Å²) in [6.45, 7) is 3.90. The number of nitrogens with zero attached hydrogens (tertiary/aromatic N) is 1. The molecule has 0 saturated heterocycles. The summed E-state index contributed by atoms with van der Waals surface area (Å²) in [5.41, 5.74) is 2.56. The maximum absolute atomic E-state index is 11.7. The third-order valence-electron chi connectivity index (χ3n) is 3.23. The molecule has 0 saturated carbocycles. The zero-order chi connectivity index (χ0) is 15.2. The van der Waals surface area contributed by atoms with Crippen LogP contribution in [0.4, 0.5) is 5.69 Å². The van der Waals surface area contributed by atoms with Gasteiger partial charge < -0.3 is 15.2 Å². The summed E-state index contributed by atoms with van der Waals surface area (Å²) in [6, 6.07) is 7.47. The quantitative estimate of drug-likeness (QED) is 0.857. The summed E-state index contributed by atoms with van der Waals surface area (Å²) in [4.78, 5) is 11.7. The molecular formula is C16H20ClN3O. The minimum absolute atomic E-state index is 0.183. The molecular weight excluding hydrogens is 286 g/mol. The van der Waals surface area contributed by atoms with Crippen LogP contribution in [0.15, 0.2) is 36.7 Å². The average Bonchev–Trinajstić information content (AvgIpc) is 2.94. The minimum atomic E-state index is -0.183. The van der Waals surface area contributed by atoms with E-state index in [1.807, 2.05) is 6.07 Å². The van der Waals surface area contributed by atoms with Gasteiger partial charge >= 0.3 is 0 Å². The third-order valence-corrected chi connectivity index (χ3v) is 3.56. The number of amides is 1. The van der Waals surface area contributed by atoms with Gasteiger partial charge in [-0.1, -0.05) is 18.5 Å². The van der Waals surface area contributed by atoms with Gasteiger partial charge in [-0.25, -0.2) is 0 Å². The number of nitrogens with one attached hydrogen (secondary N) is 2. The molecule has 1 amide bonds. The minimum Gasteiger partial charge on any atom is -0.381 e. The van der Waals surface area contributed by atoms with E-state index in [9.17, 15) is 4.79 Å². The Balaban J connectivity index is 2.04. The second-order valence-corrected chi connectivity index (χ2v) is 5.29. The summed E-state index contributed by atoms with van der Waals surface area (Å²) in [7, 11) is 1.59. The molecule has 112 valence electrons. The highest BCUT2D eigenvalue weighted by atomic mass is 35.5. The van der Waals surface area contributed by atoms with E-state index in [0.29, 0.717) is 17.1 Å². The molecule has 4 nitrogen and oxygen atoms in total. The molecule has 0 radical (unpaired) electrons. The topological polar surface area (TPSA) is 46.1 Å². The molecule has 0 aliphatic heterocycles. The summed E-state index contributed by atoms with van der Waals surface area (Å²) in [5, 5.41) is 6.35. The Morgan fingerprint density at radius 3 is 2.86 bits per heavy atom. The van der Waals surface area contributed by atoms with Crippen LogP contribution in [0.3, 0.4) is 0 Å². The molecule has 2 aromatic rings. The SMILES string of the molecule is CCCn1ccc(CNc2ccc(Cl)c(C(=O)NC)c2)c1. The molecule has 1 heterocycles. The number of carbonyl (C=O) groups excluding carboxylic acids is 1. The lowest BCUT2D eigenvalue weighted by atomic mass is 10.2. The van der Waals surface area contributed by atoms with Crippen molar-refractivity contribution in [3.05, 3.63) is 52.8 Å². The summed E-state index contributed by atoms with van der Waals surface area (Å²) in [6.07, 6.45) is 5.33. The lowest BCUT2D eigenvalue weighted by Crippen LogP contribution is -2.18. The lowest BCUT2D eigenvalue weighted by molar-refractivity contribution is 0.0963. The van der Waals surface area contributed by atoms with Crippen molar-refractivity contribution in [3.8, 4) is 0 Å². The molecule has 1 aromatic carbocycles. The molecule has 0 atom stereocenters. The van der Waals surface area contributed by atoms with Gasteiger partial charge in [0, 0.05) is 38.2 Å². The number of anilines is 1. The van der Waals surface area contributed by atoms with Gasteiger partial charge in [-0.15, -0.1) is 0 Å². The van der Waals surface area contributed by atoms with Crippen LogP contribution >= 0.6 is 11.6 Å². The van der Waals surface area contributed by atoms with Crippen LogP contribution in [0, 0.1) is 0 Å². The third kappa shape index (κ3) is 4.02. The molecule has 0 aliphatic carbocycles. The largest absolute Gasteiger partial charge is 0.381 e. The zero-order valence-electron chi connectivity index (χ0n) is 12.3.